The van der Waals surface area contributed by atoms with Crippen LogP contribution < -0.4 is 9.80 Å². The van der Waals surface area contributed by atoms with Crippen LogP contribution in [0.5, 0.6) is 0 Å². The van der Waals surface area contributed by atoms with Crippen molar-refractivity contribution in [2.75, 3.05) is 23.9 Å². The van der Waals surface area contributed by atoms with Gasteiger partial charge < -0.3 is 9.80 Å². The molecule has 5 heteroatoms. The zero-order valence-electron chi connectivity index (χ0n) is 10.3. The third-order valence-electron chi connectivity index (χ3n) is 3.13. The molecule has 0 aliphatic carbocycles. The van der Waals surface area contributed by atoms with Gasteiger partial charge in [-0.2, -0.15) is 5.26 Å². The molecule has 0 atom stereocenters. The van der Waals surface area contributed by atoms with E-state index in [9.17, 15) is 9.59 Å². The Hall–Kier alpha value is -2.35. The molecule has 0 N–H and O–H groups in total. The van der Waals surface area contributed by atoms with Crippen LogP contribution in [0.4, 0.5) is 11.4 Å². The summed E-state index contributed by atoms with van der Waals surface area (Å²) in [5.41, 5.74) is 2.50. The number of amides is 2. The highest BCUT2D eigenvalue weighted by Crippen LogP contribution is 2.31. The number of benzene rings is 1. The summed E-state index contributed by atoms with van der Waals surface area (Å²) in [5, 5.41) is 8.51. The number of hydrogen-bond donors (Lipinski definition) is 0. The summed E-state index contributed by atoms with van der Waals surface area (Å²) < 4.78 is 0. The molecule has 0 saturated carbocycles. The molecule has 92 valence electrons. The number of carbonyl (C=O) groups excluding carboxylic acids is 2. The molecule has 0 bridgehead atoms. The molecule has 0 aromatic heterocycles. The Morgan fingerprint density at radius 1 is 1.56 bits per heavy atom. The smallest absolute Gasteiger partial charge is 0.240 e. The number of hydrogen-bond acceptors (Lipinski definition) is 3. The normalized spacial score (nSPS) is 13.2. The van der Waals surface area contributed by atoms with Crippen molar-refractivity contribution in [3.05, 3.63) is 23.8 Å². The van der Waals surface area contributed by atoms with E-state index in [1.165, 1.54) is 4.90 Å². The Morgan fingerprint density at radius 3 is 2.94 bits per heavy atom. The van der Waals surface area contributed by atoms with Crippen molar-refractivity contribution < 1.29 is 9.59 Å². The van der Waals surface area contributed by atoms with Crippen molar-refractivity contribution in [3.8, 4) is 6.07 Å². The number of nitriles is 1. The number of anilines is 2. The first-order chi connectivity index (χ1) is 8.54. The van der Waals surface area contributed by atoms with Crippen molar-refractivity contribution in [1.29, 1.82) is 5.26 Å². The minimum atomic E-state index is -0.255. The highest BCUT2D eigenvalue weighted by atomic mass is 16.2. The lowest BCUT2D eigenvalue weighted by molar-refractivity contribution is -0.118. The molecule has 1 aliphatic heterocycles. The Balaban J connectivity index is 2.29. The minimum absolute atomic E-state index is 0.0492. The maximum atomic E-state index is 11.6. The molecular weight excluding hydrogens is 230 g/mol. The molecule has 1 aliphatic rings. The SMILES string of the molecule is CN(C(=O)CC#N)c1ccc2c(c1)CC(=O)N2C. The van der Waals surface area contributed by atoms with Crippen LogP contribution in [-0.2, 0) is 16.0 Å². The summed E-state index contributed by atoms with van der Waals surface area (Å²) >= 11 is 0. The average molecular weight is 243 g/mol. The fourth-order valence-corrected chi connectivity index (χ4v) is 2.00. The lowest BCUT2D eigenvalue weighted by atomic mass is 10.1. The predicted octanol–water partition coefficient (Wildman–Crippen LogP) is 1.08. The van der Waals surface area contributed by atoms with Crippen LogP contribution in [0.3, 0.4) is 0 Å². The molecule has 0 fully saturated rings. The van der Waals surface area contributed by atoms with Crippen LogP contribution in [0, 0.1) is 11.3 Å². The van der Waals surface area contributed by atoms with Crippen LogP contribution in [0.2, 0.25) is 0 Å². The molecule has 0 saturated heterocycles. The van der Waals surface area contributed by atoms with Crippen molar-refractivity contribution in [2.24, 2.45) is 0 Å². The van der Waals surface area contributed by atoms with Gasteiger partial charge >= 0.3 is 0 Å². The number of nitrogens with zero attached hydrogens (tertiary/aromatic N) is 3. The molecule has 0 spiro atoms. The summed E-state index contributed by atoms with van der Waals surface area (Å²) in [4.78, 5) is 26.2. The Bertz CT molecular complexity index is 560. The molecule has 5 nitrogen and oxygen atoms in total. The average Bonchev–Trinajstić information content (AvgIpc) is 2.64. The molecule has 2 rings (SSSR count). The van der Waals surface area contributed by atoms with Gasteiger partial charge in [0.15, 0.2) is 0 Å². The van der Waals surface area contributed by atoms with Crippen LogP contribution in [0.25, 0.3) is 0 Å². The number of fused-ring (bicyclic) bond motifs is 1. The lowest BCUT2D eigenvalue weighted by Crippen LogP contribution is -2.25. The number of rotatable bonds is 2. The highest BCUT2D eigenvalue weighted by Gasteiger charge is 2.24. The molecule has 1 aromatic carbocycles. The summed E-state index contributed by atoms with van der Waals surface area (Å²) in [6, 6.07) is 7.26. The van der Waals surface area contributed by atoms with E-state index in [-0.39, 0.29) is 18.2 Å². The van der Waals surface area contributed by atoms with E-state index >= 15 is 0 Å². The van der Waals surface area contributed by atoms with Crippen molar-refractivity contribution in [3.63, 3.8) is 0 Å². The van der Waals surface area contributed by atoms with E-state index < -0.39 is 0 Å². The summed E-state index contributed by atoms with van der Waals surface area (Å²) in [5.74, 6) is -0.205. The fourth-order valence-electron chi connectivity index (χ4n) is 2.00. The Kier molecular flexibility index (Phi) is 3.02. The summed E-state index contributed by atoms with van der Waals surface area (Å²) in [7, 11) is 3.36. The highest BCUT2D eigenvalue weighted by molar-refractivity contribution is 6.02. The first-order valence-electron chi connectivity index (χ1n) is 5.57. The Labute approximate surface area is 105 Å². The van der Waals surface area contributed by atoms with Gasteiger partial charge in [0, 0.05) is 25.5 Å². The van der Waals surface area contributed by atoms with Gasteiger partial charge in [0.1, 0.15) is 6.42 Å². The second-order valence-electron chi connectivity index (χ2n) is 4.23. The van der Waals surface area contributed by atoms with Gasteiger partial charge in [-0.25, -0.2) is 0 Å². The van der Waals surface area contributed by atoms with Crippen LogP contribution >= 0.6 is 0 Å². The first-order valence-corrected chi connectivity index (χ1v) is 5.57. The topological polar surface area (TPSA) is 64.4 Å². The quantitative estimate of drug-likeness (QED) is 0.780. The third-order valence-corrected chi connectivity index (χ3v) is 3.13. The van der Waals surface area contributed by atoms with Crippen molar-refractivity contribution >= 4 is 23.2 Å². The van der Waals surface area contributed by atoms with Gasteiger partial charge in [0.05, 0.1) is 12.5 Å². The fraction of sp³-hybridized carbons (Fsp3) is 0.308. The van der Waals surface area contributed by atoms with E-state index in [1.54, 1.807) is 25.1 Å². The molecule has 0 radical (unpaired) electrons. The van der Waals surface area contributed by atoms with E-state index in [0.717, 1.165) is 11.3 Å². The van der Waals surface area contributed by atoms with Gasteiger partial charge in [0.25, 0.3) is 0 Å². The van der Waals surface area contributed by atoms with Gasteiger partial charge in [-0.3, -0.25) is 9.59 Å². The van der Waals surface area contributed by atoms with Gasteiger partial charge in [-0.15, -0.1) is 0 Å². The van der Waals surface area contributed by atoms with E-state index in [2.05, 4.69) is 0 Å². The Morgan fingerprint density at radius 2 is 2.28 bits per heavy atom. The first kappa shape index (κ1) is 12.1. The zero-order valence-corrected chi connectivity index (χ0v) is 10.3. The molecule has 1 heterocycles. The monoisotopic (exact) mass is 243 g/mol. The van der Waals surface area contributed by atoms with Gasteiger partial charge in [-0.05, 0) is 23.8 Å². The maximum Gasteiger partial charge on any atom is 0.240 e. The molecular formula is C13H13N3O2. The second-order valence-corrected chi connectivity index (χ2v) is 4.23. The largest absolute Gasteiger partial charge is 0.315 e. The summed E-state index contributed by atoms with van der Waals surface area (Å²) in [6.45, 7) is 0. The van der Waals surface area contributed by atoms with E-state index in [1.807, 2.05) is 18.2 Å². The predicted molar refractivity (Wildman–Crippen MR) is 67.2 cm³/mol. The number of carbonyl (C=O) groups is 2. The van der Waals surface area contributed by atoms with Gasteiger partial charge in [0.2, 0.25) is 11.8 Å². The lowest BCUT2D eigenvalue weighted by Gasteiger charge is -2.17. The summed E-state index contributed by atoms with van der Waals surface area (Å²) in [6.07, 6.45) is 0.215. The maximum absolute atomic E-state index is 11.6. The van der Waals surface area contributed by atoms with Crippen LogP contribution in [0.1, 0.15) is 12.0 Å². The van der Waals surface area contributed by atoms with E-state index in [4.69, 9.17) is 5.26 Å². The minimum Gasteiger partial charge on any atom is -0.315 e. The van der Waals surface area contributed by atoms with Crippen molar-refractivity contribution in [2.45, 2.75) is 12.8 Å². The molecule has 2 amide bonds. The van der Waals surface area contributed by atoms with Crippen molar-refractivity contribution in [1.82, 2.24) is 0 Å². The van der Waals surface area contributed by atoms with E-state index in [0.29, 0.717) is 12.1 Å². The third kappa shape index (κ3) is 1.93. The van der Waals surface area contributed by atoms with Gasteiger partial charge in [-0.1, -0.05) is 0 Å². The van der Waals surface area contributed by atoms with Crippen LogP contribution in [0.15, 0.2) is 18.2 Å². The molecule has 1 aromatic rings. The number of likely N-dealkylation sites (N-methyl/N-ethyl adjacent to an activating group) is 1. The standard InChI is InChI=1S/C13H13N3O2/c1-15(12(17)5-6-14)10-3-4-11-9(7-10)8-13(18)16(11)2/h3-4,7H,5,8H2,1-2H3. The molecule has 0 unspecified atom stereocenters. The molecule has 18 heavy (non-hydrogen) atoms. The van der Waals surface area contributed by atoms with Crippen LogP contribution in [-0.4, -0.2) is 25.9 Å². The zero-order chi connectivity index (χ0) is 13.3. The second kappa shape index (κ2) is 4.49.